The van der Waals surface area contributed by atoms with Crippen LogP contribution in [0.1, 0.15) is 37.4 Å². The van der Waals surface area contributed by atoms with Gasteiger partial charge in [0.15, 0.2) is 0 Å². The first-order valence-corrected chi connectivity index (χ1v) is 8.31. The monoisotopic (exact) mass is 289 g/mol. The minimum Gasteiger partial charge on any atom is -0.313 e. The molecular formula is C18H31N3. The molecule has 1 aliphatic rings. The summed E-state index contributed by atoms with van der Waals surface area (Å²) in [4.78, 5) is 5.19. The van der Waals surface area contributed by atoms with Crippen molar-refractivity contribution in [1.29, 1.82) is 0 Å². The van der Waals surface area contributed by atoms with Crippen LogP contribution in [0.5, 0.6) is 0 Å². The van der Waals surface area contributed by atoms with Crippen LogP contribution < -0.4 is 5.32 Å². The van der Waals surface area contributed by atoms with E-state index in [1.807, 2.05) is 0 Å². The average Bonchev–Trinajstić information content (AvgIpc) is 2.50. The van der Waals surface area contributed by atoms with Crippen LogP contribution in [0.15, 0.2) is 24.3 Å². The highest BCUT2D eigenvalue weighted by molar-refractivity contribution is 5.28. The van der Waals surface area contributed by atoms with E-state index in [1.54, 1.807) is 0 Å². The Hall–Kier alpha value is -0.900. The summed E-state index contributed by atoms with van der Waals surface area (Å²) in [6, 6.07) is 9.89. The molecule has 0 radical (unpaired) electrons. The third-order valence-corrected chi connectivity index (χ3v) is 4.78. The second kappa shape index (κ2) is 7.92. The van der Waals surface area contributed by atoms with Gasteiger partial charge in [0.05, 0.1) is 0 Å². The van der Waals surface area contributed by atoms with Gasteiger partial charge in [-0.3, -0.25) is 4.90 Å². The van der Waals surface area contributed by atoms with Crippen LogP contribution >= 0.6 is 0 Å². The zero-order valence-corrected chi connectivity index (χ0v) is 14.1. The molecule has 0 amide bonds. The van der Waals surface area contributed by atoms with Gasteiger partial charge >= 0.3 is 0 Å². The number of piperazine rings is 1. The largest absolute Gasteiger partial charge is 0.313 e. The van der Waals surface area contributed by atoms with Crippen LogP contribution in [0.3, 0.4) is 0 Å². The lowest BCUT2D eigenvalue weighted by atomic mass is 9.98. The van der Waals surface area contributed by atoms with Crippen molar-refractivity contribution in [3.05, 3.63) is 35.4 Å². The van der Waals surface area contributed by atoms with Crippen LogP contribution in [-0.2, 0) is 0 Å². The van der Waals surface area contributed by atoms with Gasteiger partial charge in [-0.1, -0.05) is 24.3 Å². The number of rotatable bonds is 6. The highest BCUT2D eigenvalue weighted by Crippen LogP contribution is 2.20. The normalized spacial score (nSPS) is 19.1. The second-order valence-electron chi connectivity index (χ2n) is 6.46. The van der Waals surface area contributed by atoms with Gasteiger partial charge < -0.3 is 10.2 Å². The summed E-state index contributed by atoms with van der Waals surface area (Å²) in [7, 11) is 2.08. The molecule has 1 N–H and O–H groups in total. The van der Waals surface area contributed by atoms with E-state index in [4.69, 9.17) is 0 Å². The topological polar surface area (TPSA) is 18.5 Å². The minimum absolute atomic E-state index is 0.467. The summed E-state index contributed by atoms with van der Waals surface area (Å²) in [5, 5.41) is 3.49. The standard InChI is InChI=1S/C18H31N3/c1-15(2)21-13-11-20(12-14-21)10-9-18(19-4)17-8-6-5-7-16(17)3/h5-8,15,18-19H,9-14H2,1-4H3. The number of nitrogens with one attached hydrogen (secondary N) is 1. The third kappa shape index (κ3) is 4.53. The first-order valence-electron chi connectivity index (χ1n) is 8.31. The molecule has 118 valence electrons. The van der Waals surface area contributed by atoms with Crippen LogP contribution in [0.4, 0.5) is 0 Å². The molecule has 0 bridgehead atoms. The summed E-state index contributed by atoms with van der Waals surface area (Å²) in [6.45, 7) is 12.8. The van der Waals surface area contributed by atoms with E-state index in [9.17, 15) is 0 Å². The minimum atomic E-state index is 0.467. The Morgan fingerprint density at radius 3 is 2.33 bits per heavy atom. The molecular weight excluding hydrogens is 258 g/mol. The summed E-state index contributed by atoms with van der Waals surface area (Å²) in [5.74, 6) is 0. The van der Waals surface area contributed by atoms with Crippen molar-refractivity contribution in [3.8, 4) is 0 Å². The maximum Gasteiger partial charge on any atom is 0.0332 e. The molecule has 1 aromatic carbocycles. The fourth-order valence-electron chi connectivity index (χ4n) is 3.25. The molecule has 0 spiro atoms. The maximum atomic E-state index is 3.49. The summed E-state index contributed by atoms with van der Waals surface area (Å²) in [6.07, 6.45) is 1.18. The molecule has 3 nitrogen and oxygen atoms in total. The number of hydrogen-bond donors (Lipinski definition) is 1. The van der Waals surface area contributed by atoms with Crippen LogP contribution in [0, 0.1) is 6.92 Å². The molecule has 2 rings (SSSR count). The van der Waals surface area contributed by atoms with E-state index < -0.39 is 0 Å². The van der Waals surface area contributed by atoms with Gasteiger partial charge in [0.25, 0.3) is 0 Å². The molecule has 0 aliphatic carbocycles. The second-order valence-corrected chi connectivity index (χ2v) is 6.46. The number of benzene rings is 1. The predicted molar refractivity (Wildman–Crippen MR) is 90.7 cm³/mol. The molecule has 0 saturated carbocycles. The summed E-state index contributed by atoms with van der Waals surface area (Å²) < 4.78 is 0. The van der Waals surface area contributed by atoms with Gasteiger partial charge in [-0.05, 0) is 45.4 Å². The summed E-state index contributed by atoms with van der Waals surface area (Å²) in [5.41, 5.74) is 2.84. The zero-order chi connectivity index (χ0) is 15.2. The molecule has 21 heavy (non-hydrogen) atoms. The van der Waals surface area contributed by atoms with Crippen molar-refractivity contribution in [2.45, 2.75) is 39.3 Å². The van der Waals surface area contributed by atoms with Gasteiger partial charge in [0, 0.05) is 44.8 Å². The highest BCUT2D eigenvalue weighted by Gasteiger charge is 2.20. The van der Waals surface area contributed by atoms with Crippen LogP contribution in [-0.4, -0.2) is 55.6 Å². The van der Waals surface area contributed by atoms with E-state index in [-0.39, 0.29) is 0 Å². The fraction of sp³-hybridized carbons (Fsp3) is 0.667. The lowest BCUT2D eigenvalue weighted by Gasteiger charge is -2.37. The molecule has 1 unspecified atom stereocenters. The Labute approximate surface area is 130 Å². The maximum absolute atomic E-state index is 3.49. The Morgan fingerprint density at radius 1 is 1.10 bits per heavy atom. The van der Waals surface area contributed by atoms with Gasteiger partial charge in [0.1, 0.15) is 0 Å². The predicted octanol–water partition coefficient (Wildman–Crippen LogP) is 2.67. The molecule has 1 heterocycles. The Balaban J connectivity index is 1.83. The number of nitrogens with zero attached hydrogens (tertiary/aromatic N) is 2. The first-order chi connectivity index (χ1) is 10.1. The van der Waals surface area contributed by atoms with Gasteiger partial charge in [-0.15, -0.1) is 0 Å². The van der Waals surface area contributed by atoms with Crippen molar-refractivity contribution in [1.82, 2.24) is 15.1 Å². The Kier molecular flexibility index (Phi) is 6.22. The van der Waals surface area contributed by atoms with Crippen molar-refractivity contribution in [2.75, 3.05) is 39.8 Å². The fourth-order valence-corrected chi connectivity index (χ4v) is 3.25. The lowest BCUT2D eigenvalue weighted by molar-refractivity contribution is 0.105. The van der Waals surface area contributed by atoms with Crippen LogP contribution in [0.2, 0.25) is 0 Å². The smallest absolute Gasteiger partial charge is 0.0332 e. The Bertz CT molecular complexity index is 422. The molecule has 1 fully saturated rings. The van der Waals surface area contributed by atoms with E-state index in [2.05, 4.69) is 67.2 Å². The van der Waals surface area contributed by atoms with Crippen molar-refractivity contribution in [3.63, 3.8) is 0 Å². The molecule has 1 atom stereocenters. The highest BCUT2D eigenvalue weighted by atomic mass is 15.3. The van der Waals surface area contributed by atoms with Crippen molar-refractivity contribution in [2.24, 2.45) is 0 Å². The molecule has 0 aromatic heterocycles. The number of aryl methyl sites for hydroxylation is 1. The molecule has 3 heteroatoms. The van der Waals surface area contributed by atoms with Crippen LogP contribution in [0.25, 0.3) is 0 Å². The van der Waals surface area contributed by atoms with Gasteiger partial charge in [0.2, 0.25) is 0 Å². The summed E-state index contributed by atoms with van der Waals surface area (Å²) >= 11 is 0. The van der Waals surface area contributed by atoms with E-state index in [0.29, 0.717) is 12.1 Å². The third-order valence-electron chi connectivity index (χ3n) is 4.78. The molecule has 1 aliphatic heterocycles. The van der Waals surface area contributed by atoms with Gasteiger partial charge in [-0.2, -0.15) is 0 Å². The molecule has 1 saturated heterocycles. The zero-order valence-electron chi connectivity index (χ0n) is 14.1. The van der Waals surface area contributed by atoms with E-state index >= 15 is 0 Å². The van der Waals surface area contributed by atoms with E-state index in [0.717, 1.165) is 0 Å². The molecule has 1 aromatic rings. The first kappa shape index (κ1) is 16.5. The SMILES string of the molecule is CNC(CCN1CCN(C(C)C)CC1)c1ccccc1C. The number of hydrogen-bond acceptors (Lipinski definition) is 3. The van der Waals surface area contributed by atoms with E-state index in [1.165, 1.54) is 50.3 Å². The van der Waals surface area contributed by atoms with Crippen molar-refractivity contribution < 1.29 is 0 Å². The lowest BCUT2D eigenvalue weighted by Crippen LogP contribution is -2.49. The average molecular weight is 289 g/mol. The van der Waals surface area contributed by atoms with Gasteiger partial charge in [-0.25, -0.2) is 0 Å². The van der Waals surface area contributed by atoms with Crippen molar-refractivity contribution >= 4 is 0 Å². The Morgan fingerprint density at radius 2 is 1.76 bits per heavy atom. The quantitative estimate of drug-likeness (QED) is 0.868.